The summed E-state index contributed by atoms with van der Waals surface area (Å²) < 4.78 is 2.03. The summed E-state index contributed by atoms with van der Waals surface area (Å²) in [6, 6.07) is 25.1. The fourth-order valence-electron chi connectivity index (χ4n) is 5.33. The molecule has 1 saturated heterocycles. The zero-order chi connectivity index (χ0) is 26.6. The molecule has 8 heteroatoms. The predicted octanol–water partition coefficient (Wildman–Crippen LogP) is 5.66. The van der Waals surface area contributed by atoms with E-state index in [-0.39, 0.29) is 17.6 Å². The lowest BCUT2D eigenvalue weighted by Crippen LogP contribution is -2.31. The van der Waals surface area contributed by atoms with Crippen molar-refractivity contribution in [1.29, 1.82) is 0 Å². The van der Waals surface area contributed by atoms with Crippen molar-refractivity contribution in [1.82, 2.24) is 19.8 Å². The minimum Gasteiger partial charge on any atom is -0.478 e. The third-order valence-corrected chi connectivity index (χ3v) is 7.39. The smallest absolute Gasteiger partial charge is 0.337 e. The topological polar surface area (TPSA) is 82.4 Å². The van der Waals surface area contributed by atoms with E-state index >= 15 is 0 Å². The molecular weight excluding hydrogens is 494 g/mol. The Balaban J connectivity index is 1.49. The third kappa shape index (κ3) is 4.99. The zero-order valence-corrected chi connectivity index (χ0v) is 22.3. The number of benzene rings is 2. The Morgan fingerprint density at radius 1 is 1.05 bits per heavy atom. The Morgan fingerprint density at radius 3 is 2.53 bits per heavy atom. The molecule has 0 amide bonds. The normalized spacial score (nSPS) is 16.9. The van der Waals surface area contributed by atoms with Crippen molar-refractivity contribution in [2.75, 3.05) is 18.4 Å². The highest BCUT2D eigenvalue weighted by molar-refractivity contribution is 7.80. The standard InChI is InChI=1S/C30H31N5O2S/c1-20-19-24(21(2)35(20)26-15-7-6-13-23(26)29(36)37)28-27(25-14-8-9-16-32-25)33-30(38)34(28)18-10-17-31-22-11-4-3-5-12-22/h3-9,11-16,19,27-28,31H,10,17-18H2,1-2H3,(H,33,38)(H,36,37)/t27-,28-/m0/s1. The van der Waals surface area contributed by atoms with Crippen LogP contribution in [0.2, 0.25) is 0 Å². The second-order valence-corrected chi connectivity index (χ2v) is 9.84. The first kappa shape index (κ1) is 25.5. The predicted molar refractivity (Wildman–Crippen MR) is 154 cm³/mol. The molecular formula is C30H31N5O2S. The molecule has 4 aromatic rings. The summed E-state index contributed by atoms with van der Waals surface area (Å²) in [5, 5.41) is 17.5. The fourth-order valence-corrected chi connectivity index (χ4v) is 5.66. The van der Waals surface area contributed by atoms with Crippen LogP contribution in [0, 0.1) is 13.8 Å². The van der Waals surface area contributed by atoms with Gasteiger partial charge in [-0.3, -0.25) is 4.98 Å². The molecule has 2 aromatic heterocycles. The van der Waals surface area contributed by atoms with E-state index in [1.165, 1.54) is 0 Å². The molecule has 1 fully saturated rings. The summed E-state index contributed by atoms with van der Waals surface area (Å²) in [4.78, 5) is 18.9. The maximum absolute atomic E-state index is 12.0. The average Bonchev–Trinajstić information content (AvgIpc) is 3.41. The van der Waals surface area contributed by atoms with Crippen LogP contribution in [0.15, 0.2) is 85.1 Å². The monoisotopic (exact) mass is 525 g/mol. The second-order valence-electron chi connectivity index (χ2n) is 9.45. The number of nitrogens with zero attached hydrogens (tertiary/aromatic N) is 3. The van der Waals surface area contributed by atoms with Crippen molar-refractivity contribution < 1.29 is 9.90 Å². The number of aryl methyl sites for hydroxylation is 1. The highest BCUT2D eigenvalue weighted by Gasteiger charge is 2.41. The highest BCUT2D eigenvalue weighted by atomic mass is 32.1. The first-order chi connectivity index (χ1) is 18.5. The van der Waals surface area contributed by atoms with Gasteiger partial charge in [0.05, 0.1) is 29.0 Å². The average molecular weight is 526 g/mol. The molecule has 5 rings (SSSR count). The number of carboxylic acids is 1. The number of hydrogen-bond donors (Lipinski definition) is 3. The van der Waals surface area contributed by atoms with E-state index in [4.69, 9.17) is 12.2 Å². The molecule has 0 bridgehead atoms. The highest BCUT2D eigenvalue weighted by Crippen LogP contribution is 2.41. The minimum atomic E-state index is -0.947. The molecule has 0 unspecified atom stereocenters. The van der Waals surface area contributed by atoms with E-state index in [1.54, 1.807) is 18.3 Å². The largest absolute Gasteiger partial charge is 0.478 e. The van der Waals surface area contributed by atoms with E-state index in [2.05, 4.69) is 38.7 Å². The van der Waals surface area contributed by atoms with Crippen molar-refractivity contribution in [2.24, 2.45) is 0 Å². The van der Waals surface area contributed by atoms with Gasteiger partial charge in [-0.15, -0.1) is 0 Å². The van der Waals surface area contributed by atoms with E-state index < -0.39 is 5.97 Å². The van der Waals surface area contributed by atoms with Crippen LogP contribution in [0.1, 0.15) is 51.5 Å². The van der Waals surface area contributed by atoms with Crippen LogP contribution in [0.4, 0.5) is 5.69 Å². The molecule has 3 heterocycles. The second kappa shape index (κ2) is 11.1. The number of carboxylic acid groups (broad SMARTS) is 1. The summed E-state index contributed by atoms with van der Waals surface area (Å²) in [6.45, 7) is 5.64. The molecule has 2 atom stereocenters. The van der Waals surface area contributed by atoms with E-state index in [0.717, 1.165) is 47.8 Å². The molecule has 0 saturated carbocycles. The van der Waals surface area contributed by atoms with Gasteiger partial charge in [-0.2, -0.15) is 0 Å². The van der Waals surface area contributed by atoms with Crippen LogP contribution >= 0.6 is 12.2 Å². The molecule has 1 aliphatic heterocycles. The number of para-hydroxylation sites is 2. The van der Waals surface area contributed by atoms with Crippen molar-refractivity contribution in [3.05, 3.63) is 113 Å². The zero-order valence-electron chi connectivity index (χ0n) is 21.5. The Hall–Kier alpha value is -4.17. The lowest BCUT2D eigenvalue weighted by Gasteiger charge is -2.28. The van der Waals surface area contributed by atoms with E-state index in [1.807, 2.05) is 66.9 Å². The molecule has 2 aromatic carbocycles. The van der Waals surface area contributed by atoms with Crippen LogP contribution in [0.3, 0.4) is 0 Å². The van der Waals surface area contributed by atoms with Crippen molar-refractivity contribution in [3.63, 3.8) is 0 Å². The number of hydrogen-bond acceptors (Lipinski definition) is 4. The maximum Gasteiger partial charge on any atom is 0.337 e. The lowest BCUT2D eigenvalue weighted by molar-refractivity contribution is 0.0697. The van der Waals surface area contributed by atoms with Gasteiger partial charge < -0.3 is 25.2 Å². The Bertz CT molecular complexity index is 1440. The molecule has 0 spiro atoms. The number of thiocarbonyl (C=S) groups is 1. The fraction of sp³-hybridized carbons (Fsp3) is 0.233. The Labute approximate surface area is 228 Å². The van der Waals surface area contributed by atoms with Crippen LogP contribution < -0.4 is 10.6 Å². The van der Waals surface area contributed by atoms with Gasteiger partial charge in [0.25, 0.3) is 0 Å². The van der Waals surface area contributed by atoms with Crippen LogP contribution in [0.5, 0.6) is 0 Å². The molecule has 3 N–H and O–H groups in total. The van der Waals surface area contributed by atoms with Gasteiger partial charge in [0.2, 0.25) is 0 Å². The number of anilines is 1. The molecule has 7 nitrogen and oxygen atoms in total. The number of rotatable bonds is 9. The van der Waals surface area contributed by atoms with Crippen molar-refractivity contribution in [3.8, 4) is 5.69 Å². The van der Waals surface area contributed by atoms with Crippen LogP contribution in [-0.4, -0.2) is 43.7 Å². The van der Waals surface area contributed by atoms with Crippen LogP contribution in [0.25, 0.3) is 5.69 Å². The first-order valence-electron chi connectivity index (χ1n) is 12.7. The van der Waals surface area contributed by atoms with Gasteiger partial charge in [0.15, 0.2) is 5.11 Å². The minimum absolute atomic E-state index is 0.0916. The van der Waals surface area contributed by atoms with Gasteiger partial charge in [0.1, 0.15) is 0 Å². The number of carbonyl (C=O) groups is 1. The Kier molecular flexibility index (Phi) is 7.42. The maximum atomic E-state index is 12.0. The van der Waals surface area contributed by atoms with Crippen molar-refractivity contribution in [2.45, 2.75) is 32.4 Å². The summed E-state index contributed by atoms with van der Waals surface area (Å²) in [7, 11) is 0. The summed E-state index contributed by atoms with van der Waals surface area (Å²) in [5.41, 5.74) is 5.99. The molecule has 0 radical (unpaired) electrons. The number of nitrogens with one attached hydrogen (secondary N) is 2. The van der Waals surface area contributed by atoms with Gasteiger partial charge in [0, 0.05) is 36.4 Å². The molecule has 1 aliphatic rings. The van der Waals surface area contributed by atoms with E-state index in [9.17, 15) is 9.90 Å². The van der Waals surface area contributed by atoms with Gasteiger partial charge in [-0.25, -0.2) is 4.79 Å². The number of pyridine rings is 1. The van der Waals surface area contributed by atoms with Crippen LogP contribution in [-0.2, 0) is 0 Å². The van der Waals surface area contributed by atoms with E-state index in [0.29, 0.717) is 10.8 Å². The summed E-state index contributed by atoms with van der Waals surface area (Å²) in [5.74, 6) is -0.947. The van der Waals surface area contributed by atoms with Gasteiger partial charge in [-0.05, 0) is 80.5 Å². The molecule has 194 valence electrons. The number of aromatic nitrogens is 2. The molecule has 38 heavy (non-hydrogen) atoms. The van der Waals surface area contributed by atoms with Crippen molar-refractivity contribution >= 4 is 29.0 Å². The molecule has 0 aliphatic carbocycles. The summed E-state index contributed by atoms with van der Waals surface area (Å²) >= 11 is 5.85. The number of aromatic carboxylic acids is 1. The third-order valence-electron chi connectivity index (χ3n) is 7.04. The SMILES string of the molecule is Cc1cc([C@H]2[C@H](c3ccccn3)NC(=S)N2CCCNc2ccccc2)c(C)n1-c1ccccc1C(=O)O. The summed E-state index contributed by atoms with van der Waals surface area (Å²) in [6.07, 6.45) is 2.69. The Morgan fingerprint density at radius 2 is 1.79 bits per heavy atom. The first-order valence-corrected chi connectivity index (χ1v) is 13.1. The lowest BCUT2D eigenvalue weighted by atomic mass is 9.96. The quantitative estimate of drug-likeness (QED) is 0.192. The van der Waals surface area contributed by atoms with Gasteiger partial charge >= 0.3 is 5.97 Å². The van der Waals surface area contributed by atoms with Gasteiger partial charge in [-0.1, -0.05) is 36.4 Å².